The van der Waals surface area contributed by atoms with E-state index < -0.39 is 24.2 Å². The van der Waals surface area contributed by atoms with E-state index in [1.807, 2.05) is 37.3 Å². The molecule has 3 aliphatic heterocycles. The Balaban J connectivity index is 1.61. The Morgan fingerprint density at radius 2 is 1.83 bits per heavy atom. The van der Waals surface area contributed by atoms with Crippen molar-refractivity contribution in [3.63, 3.8) is 0 Å². The third-order valence-corrected chi connectivity index (χ3v) is 4.26. The van der Waals surface area contributed by atoms with Gasteiger partial charge in [-0.15, -0.1) is 0 Å². The van der Waals surface area contributed by atoms with Crippen molar-refractivity contribution >= 4 is 6.09 Å². The minimum absolute atomic E-state index is 0.155. The second kappa shape index (κ2) is 6.68. The lowest BCUT2D eigenvalue weighted by Crippen LogP contribution is -2.70. The predicted octanol–water partition coefficient (Wildman–Crippen LogP) is 1.37. The minimum atomic E-state index is -1.35. The fourth-order valence-corrected chi connectivity index (χ4v) is 2.78. The van der Waals surface area contributed by atoms with Gasteiger partial charge in [0.15, 0.2) is 0 Å². The summed E-state index contributed by atoms with van der Waals surface area (Å²) in [6.07, 6.45) is -0.592. The molecule has 132 valence electrons. The summed E-state index contributed by atoms with van der Waals surface area (Å²) in [5.41, 5.74) is 6.77. The van der Waals surface area contributed by atoms with Crippen LogP contribution < -0.4 is 11.1 Å². The quantitative estimate of drug-likeness (QED) is 0.844. The molecule has 1 amide bonds. The Bertz CT molecular complexity index is 553. The van der Waals surface area contributed by atoms with E-state index in [0.717, 1.165) is 5.56 Å². The summed E-state index contributed by atoms with van der Waals surface area (Å²) in [6, 6.07) is 8.32. The molecule has 0 radical (unpaired) electrons. The molecule has 2 unspecified atom stereocenters. The maximum absolute atomic E-state index is 12.2. The van der Waals surface area contributed by atoms with Gasteiger partial charge in [-0.2, -0.15) is 0 Å². The fourth-order valence-electron chi connectivity index (χ4n) is 2.78. The number of nitrogens with two attached hydrogens (primary N) is 1. The SMILES string of the molecule is CC(N)C(NC(=O)OCc1ccccc1)C12OCC(C)(CO1)CO2. The van der Waals surface area contributed by atoms with Crippen LogP contribution in [0.25, 0.3) is 0 Å². The van der Waals surface area contributed by atoms with E-state index in [-0.39, 0.29) is 12.0 Å². The van der Waals surface area contributed by atoms with Crippen molar-refractivity contribution in [1.82, 2.24) is 5.32 Å². The molecule has 3 N–H and O–H groups in total. The van der Waals surface area contributed by atoms with Gasteiger partial charge < -0.3 is 30.0 Å². The lowest BCUT2D eigenvalue weighted by Gasteiger charge is -2.53. The molecule has 1 aromatic carbocycles. The van der Waals surface area contributed by atoms with Crippen LogP contribution in [0.3, 0.4) is 0 Å². The lowest BCUT2D eigenvalue weighted by atomic mass is 9.90. The standard InChI is InChI=1S/C17H24N2O5/c1-12(18)14(17-22-9-16(2,10-23-17)11-24-17)19-15(20)21-8-13-6-4-3-5-7-13/h3-7,12,14H,8-11,18H2,1-2H3,(H,19,20). The van der Waals surface area contributed by atoms with Crippen molar-refractivity contribution in [3.05, 3.63) is 35.9 Å². The van der Waals surface area contributed by atoms with E-state index in [0.29, 0.717) is 19.8 Å². The maximum atomic E-state index is 12.2. The molecule has 0 aromatic heterocycles. The zero-order valence-electron chi connectivity index (χ0n) is 14.0. The van der Waals surface area contributed by atoms with E-state index in [4.69, 9.17) is 24.7 Å². The molecule has 24 heavy (non-hydrogen) atoms. The predicted molar refractivity (Wildman–Crippen MR) is 85.9 cm³/mol. The maximum Gasteiger partial charge on any atom is 0.408 e. The number of nitrogens with one attached hydrogen (secondary N) is 1. The van der Waals surface area contributed by atoms with E-state index in [1.165, 1.54) is 0 Å². The summed E-state index contributed by atoms with van der Waals surface area (Å²) >= 11 is 0. The van der Waals surface area contributed by atoms with Gasteiger partial charge in [0, 0.05) is 11.5 Å². The molecule has 1 aromatic rings. The summed E-state index contributed by atoms with van der Waals surface area (Å²) in [5.74, 6) is -1.35. The fraction of sp³-hybridized carbons (Fsp3) is 0.588. The number of alkyl carbamates (subject to hydrolysis) is 1. The highest BCUT2D eigenvalue weighted by atomic mass is 16.9. The van der Waals surface area contributed by atoms with Crippen LogP contribution in [0.15, 0.2) is 30.3 Å². The van der Waals surface area contributed by atoms with Gasteiger partial charge >= 0.3 is 12.1 Å². The highest BCUT2D eigenvalue weighted by molar-refractivity contribution is 5.67. The topological polar surface area (TPSA) is 92.0 Å². The van der Waals surface area contributed by atoms with E-state index >= 15 is 0 Å². The van der Waals surface area contributed by atoms with Gasteiger partial charge in [-0.05, 0) is 12.5 Å². The molecule has 4 rings (SSSR count). The number of rotatable bonds is 5. The summed E-state index contributed by atoms with van der Waals surface area (Å²) in [4.78, 5) is 12.2. The summed E-state index contributed by atoms with van der Waals surface area (Å²) < 4.78 is 22.5. The van der Waals surface area contributed by atoms with Crippen molar-refractivity contribution in [2.45, 2.75) is 38.5 Å². The lowest BCUT2D eigenvalue weighted by molar-refractivity contribution is -0.474. The Kier molecular flexibility index (Phi) is 4.78. The molecule has 2 bridgehead atoms. The van der Waals surface area contributed by atoms with Crippen LogP contribution in [0.2, 0.25) is 0 Å². The molecule has 3 aliphatic rings. The molecule has 2 atom stereocenters. The number of hydrogen-bond donors (Lipinski definition) is 2. The van der Waals surface area contributed by atoms with Crippen molar-refractivity contribution in [1.29, 1.82) is 0 Å². The Morgan fingerprint density at radius 1 is 1.25 bits per heavy atom. The molecule has 0 spiro atoms. The molecular formula is C17H24N2O5. The van der Waals surface area contributed by atoms with Crippen LogP contribution >= 0.6 is 0 Å². The largest absolute Gasteiger partial charge is 0.445 e. The first-order chi connectivity index (χ1) is 11.4. The van der Waals surface area contributed by atoms with Gasteiger partial charge in [-0.1, -0.05) is 37.3 Å². The van der Waals surface area contributed by atoms with E-state index in [9.17, 15) is 4.79 Å². The third-order valence-electron chi connectivity index (χ3n) is 4.26. The van der Waals surface area contributed by atoms with Crippen molar-refractivity contribution in [2.75, 3.05) is 19.8 Å². The number of amides is 1. The van der Waals surface area contributed by atoms with Crippen molar-refractivity contribution in [2.24, 2.45) is 11.1 Å². The van der Waals surface area contributed by atoms with Crippen LogP contribution in [0.1, 0.15) is 19.4 Å². The first-order valence-electron chi connectivity index (χ1n) is 8.07. The van der Waals surface area contributed by atoms with Gasteiger partial charge in [0.1, 0.15) is 12.6 Å². The van der Waals surface area contributed by atoms with Gasteiger partial charge in [0.05, 0.1) is 19.8 Å². The molecule has 0 aliphatic carbocycles. The highest BCUT2D eigenvalue weighted by Crippen LogP contribution is 2.40. The second-order valence-electron chi connectivity index (χ2n) is 6.82. The number of fused-ring (bicyclic) bond motifs is 3. The van der Waals surface area contributed by atoms with Crippen LogP contribution in [-0.2, 0) is 25.6 Å². The van der Waals surface area contributed by atoms with Crippen LogP contribution in [0.5, 0.6) is 0 Å². The number of benzene rings is 1. The van der Waals surface area contributed by atoms with Gasteiger partial charge in [0.2, 0.25) is 0 Å². The number of carbonyl (C=O) groups is 1. The van der Waals surface area contributed by atoms with Crippen LogP contribution in [-0.4, -0.2) is 44.0 Å². The Labute approximate surface area is 141 Å². The summed E-state index contributed by atoms with van der Waals surface area (Å²) in [5, 5.41) is 2.72. The average molecular weight is 336 g/mol. The highest BCUT2D eigenvalue weighted by Gasteiger charge is 2.56. The second-order valence-corrected chi connectivity index (χ2v) is 6.82. The molecule has 7 nitrogen and oxygen atoms in total. The molecule has 7 heteroatoms. The minimum Gasteiger partial charge on any atom is -0.445 e. The van der Waals surface area contributed by atoms with E-state index in [1.54, 1.807) is 6.92 Å². The normalized spacial score (nSPS) is 31.3. The average Bonchev–Trinajstić information content (AvgIpc) is 2.59. The molecule has 3 heterocycles. The molecule has 0 saturated carbocycles. The third kappa shape index (κ3) is 3.54. The Hall–Kier alpha value is -1.67. The number of carbonyl (C=O) groups excluding carboxylic acids is 1. The summed E-state index contributed by atoms with van der Waals surface area (Å²) in [6.45, 7) is 5.45. The monoisotopic (exact) mass is 336 g/mol. The summed E-state index contributed by atoms with van der Waals surface area (Å²) in [7, 11) is 0. The smallest absolute Gasteiger partial charge is 0.408 e. The Morgan fingerprint density at radius 3 is 2.38 bits per heavy atom. The molecule has 3 saturated heterocycles. The van der Waals surface area contributed by atoms with Gasteiger partial charge in [0.25, 0.3) is 0 Å². The van der Waals surface area contributed by atoms with Gasteiger partial charge in [-0.25, -0.2) is 4.79 Å². The number of ether oxygens (including phenoxy) is 4. The van der Waals surface area contributed by atoms with Crippen molar-refractivity contribution in [3.8, 4) is 0 Å². The number of hydrogen-bond acceptors (Lipinski definition) is 6. The van der Waals surface area contributed by atoms with Gasteiger partial charge in [-0.3, -0.25) is 0 Å². The van der Waals surface area contributed by atoms with Crippen LogP contribution in [0.4, 0.5) is 4.79 Å². The zero-order chi connectivity index (χ0) is 17.2. The zero-order valence-corrected chi connectivity index (χ0v) is 14.0. The first-order valence-corrected chi connectivity index (χ1v) is 8.07. The van der Waals surface area contributed by atoms with Crippen LogP contribution in [0, 0.1) is 5.41 Å². The van der Waals surface area contributed by atoms with Crippen molar-refractivity contribution < 1.29 is 23.7 Å². The molecule has 3 fully saturated rings. The van der Waals surface area contributed by atoms with E-state index in [2.05, 4.69) is 5.32 Å². The first kappa shape index (κ1) is 17.2. The molecular weight excluding hydrogens is 312 g/mol.